The zero-order chi connectivity index (χ0) is 11.4. The van der Waals surface area contributed by atoms with Crippen molar-refractivity contribution in [3.63, 3.8) is 0 Å². The van der Waals surface area contributed by atoms with E-state index >= 15 is 0 Å². The van der Waals surface area contributed by atoms with Crippen molar-refractivity contribution < 1.29 is 9.72 Å². The summed E-state index contributed by atoms with van der Waals surface area (Å²) in [6.45, 7) is 1.31. The highest BCUT2D eigenvalue weighted by atomic mass is 32.2. The number of hydrogen-bond donors (Lipinski definition) is 1. The number of nitrogens with one attached hydrogen (secondary N) is 1. The summed E-state index contributed by atoms with van der Waals surface area (Å²) in [5, 5.41) is 13.1. The molecule has 15 heavy (non-hydrogen) atoms. The number of hydrogen-bond acceptors (Lipinski definition) is 4. The fourth-order valence-corrected chi connectivity index (χ4v) is 1.52. The van der Waals surface area contributed by atoms with Gasteiger partial charge in [-0.15, -0.1) is 11.8 Å². The Kier molecular flexibility index (Phi) is 3.68. The largest absolute Gasteiger partial charge is 0.321 e. The van der Waals surface area contributed by atoms with Gasteiger partial charge >= 0.3 is 0 Å². The molecule has 1 rings (SSSR count). The first-order valence-corrected chi connectivity index (χ1v) is 5.37. The third-order valence-corrected chi connectivity index (χ3v) is 2.44. The van der Waals surface area contributed by atoms with E-state index in [2.05, 4.69) is 5.32 Å². The number of benzene rings is 1. The number of nitrogens with zero attached hydrogens (tertiary/aromatic N) is 1. The second kappa shape index (κ2) is 4.79. The predicted molar refractivity (Wildman–Crippen MR) is 59.2 cm³/mol. The summed E-state index contributed by atoms with van der Waals surface area (Å²) in [4.78, 5) is 21.8. The van der Waals surface area contributed by atoms with Gasteiger partial charge in [0.15, 0.2) is 0 Å². The standard InChI is InChI=1S/C9H10N2O3S/c1-6(12)10-8-4-3-7(15-2)5-9(8)11(13)14/h3-5H,1-2H3,(H,10,12). The summed E-state index contributed by atoms with van der Waals surface area (Å²) in [7, 11) is 0. The van der Waals surface area contributed by atoms with Crippen molar-refractivity contribution in [2.24, 2.45) is 0 Å². The molecule has 0 unspecified atom stereocenters. The Labute approximate surface area is 91.0 Å². The number of anilines is 1. The Balaban J connectivity index is 3.15. The van der Waals surface area contributed by atoms with Gasteiger partial charge in [0.1, 0.15) is 5.69 Å². The number of rotatable bonds is 3. The van der Waals surface area contributed by atoms with E-state index in [4.69, 9.17) is 0 Å². The van der Waals surface area contributed by atoms with Crippen LogP contribution >= 0.6 is 11.8 Å². The molecule has 6 heteroatoms. The van der Waals surface area contributed by atoms with Crippen LogP contribution in [0.3, 0.4) is 0 Å². The molecule has 0 aliphatic heterocycles. The lowest BCUT2D eigenvalue weighted by molar-refractivity contribution is -0.384. The summed E-state index contributed by atoms with van der Waals surface area (Å²) >= 11 is 1.41. The van der Waals surface area contributed by atoms with Gasteiger partial charge in [-0.2, -0.15) is 0 Å². The van der Waals surface area contributed by atoms with Crippen molar-refractivity contribution in [2.75, 3.05) is 11.6 Å². The van der Waals surface area contributed by atoms with Gasteiger partial charge in [0.2, 0.25) is 5.91 Å². The first kappa shape index (κ1) is 11.5. The van der Waals surface area contributed by atoms with Crippen LogP contribution in [0.2, 0.25) is 0 Å². The van der Waals surface area contributed by atoms with Crippen LogP contribution in [0.4, 0.5) is 11.4 Å². The van der Waals surface area contributed by atoms with E-state index in [1.54, 1.807) is 6.07 Å². The van der Waals surface area contributed by atoms with Crippen LogP contribution in [0.1, 0.15) is 6.92 Å². The molecule has 1 N–H and O–H groups in total. The second-order valence-corrected chi connectivity index (χ2v) is 3.70. The third-order valence-electron chi connectivity index (χ3n) is 1.71. The third kappa shape index (κ3) is 2.95. The van der Waals surface area contributed by atoms with E-state index in [0.717, 1.165) is 4.90 Å². The number of carbonyl (C=O) groups excluding carboxylic acids is 1. The molecule has 0 spiro atoms. The van der Waals surface area contributed by atoms with Crippen LogP contribution in [0.5, 0.6) is 0 Å². The summed E-state index contributed by atoms with van der Waals surface area (Å²) in [5.41, 5.74) is 0.141. The molecular formula is C9H10N2O3S. The SMILES string of the molecule is CSc1ccc(NC(C)=O)c([N+](=O)[O-])c1. The molecule has 1 aromatic carbocycles. The molecule has 0 radical (unpaired) electrons. The highest BCUT2D eigenvalue weighted by Gasteiger charge is 2.14. The molecule has 0 aliphatic rings. The Morgan fingerprint density at radius 1 is 1.53 bits per heavy atom. The summed E-state index contributed by atoms with van der Waals surface area (Å²) in [6, 6.07) is 4.70. The highest BCUT2D eigenvalue weighted by molar-refractivity contribution is 7.98. The van der Waals surface area contributed by atoms with E-state index in [1.807, 2.05) is 6.26 Å². The van der Waals surface area contributed by atoms with Crippen LogP contribution < -0.4 is 5.32 Å². The van der Waals surface area contributed by atoms with E-state index in [1.165, 1.54) is 30.8 Å². The van der Waals surface area contributed by atoms with Gasteiger partial charge in [-0.25, -0.2) is 0 Å². The Morgan fingerprint density at radius 2 is 2.20 bits per heavy atom. The number of amides is 1. The number of nitro benzene ring substituents is 1. The van der Waals surface area contributed by atoms with E-state index in [-0.39, 0.29) is 17.3 Å². The van der Waals surface area contributed by atoms with Crippen molar-refractivity contribution in [2.45, 2.75) is 11.8 Å². The molecular weight excluding hydrogens is 216 g/mol. The lowest BCUT2D eigenvalue weighted by Crippen LogP contribution is -2.07. The molecule has 80 valence electrons. The van der Waals surface area contributed by atoms with E-state index in [9.17, 15) is 14.9 Å². The van der Waals surface area contributed by atoms with Crippen molar-refractivity contribution >= 4 is 29.0 Å². The lowest BCUT2D eigenvalue weighted by Gasteiger charge is -2.04. The minimum absolute atomic E-state index is 0.0861. The lowest BCUT2D eigenvalue weighted by atomic mass is 10.2. The normalized spacial score (nSPS) is 9.73. The number of nitro groups is 1. The molecule has 1 amide bonds. The molecule has 0 saturated heterocycles. The Bertz CT molecular complexity index is 406. The van der Waals surface area contributed by atoms with Gasteiger partial charge in [0.05, 0.1) is 4.92 Å². The van der Waals surface area contributed by atoms with Crippen LogP contribution in [-0.2, 0) is 4.79 Å². The highest BCUT2D eigenvalue weighted by Crippen LogP contribution is 2.29. The summed E-state index contributed by atoms with van der Waals surface area (Å²) < 4.78 is 0. The van der Waals surface area contributed by atoms with E-state index < -0.39 is 4.92 Å². The zero-order valence-electron chi connectivity index (χ0n) is 8.31. The minimum Gasteiger partial charge on any atom is -0.321 e. The topological polar surface area (TPSA) is 72.2 Å². The average Bonchev–Trinajstić information content (AvgIpc) is 2.17. The molecule has 0 fully saturated rings. The number of thioether (sulfide) groups is 1. The van der Waals surface area contributed by atoms with Gasteiger partial charge in [-0.05, 0) is 18.4 Å². The van der Waals surface area contributed by atoms with Crippen LogP contribution in [-0.4, -0.2) is 17.1 Å². The quantitative estimate of drug-likeness (QED) is 0.487. The molecule has 0 atom stereocenters. The van der Waals surface area contributed by atoms with Crippen LogP contribution in [0.25, 0.3) is 0 Å². The van der Waals surface area contributed by atoms with Gasteiger partial charge in [0, 0.05) is 17.9 Å². The van der Waals surface area contributed by atoms with E-state index in [0.29, 0.717) is 0 Å². The molecule has 1 aromatic rings. The summed E-state index contributed by atoms with van der Waals surface area (Å²) in [5.74, 6) is -0.324. The average molecular weight is 226 g/mol. The maximum Gasteiger partial charge on any atom is 0.293 e. The molecule has 0 saturated carbocycles. The first-order chi connectivity index (χ1) is 7.04. The Hall–Kier alpha value is -1.56. The molecule has 0 heterocycles. The van der Waals surface area contributed by atoms with Gasteiger partial charge in [-0.1, -0.05) is 0 Å². The molecule has 0 aliphatic carbocycles. The first-order valence-electron chi connectivity index (χ1n) is 4.14. The fourth-order valence-electron chi connectivity index (χ4n) is 1.08. The van der Waals surface area contributed by atoms with Gasteiger partial charge < -0.3 is 5.32 Å². The maximum atomic E-state index is 10.8. The van der Waals surface area contributed by atoms with Crippen molar-refractivity contribution in [1.82, 2.24) is 0 Å². The fraction of sp³-hybridized carbons (Fsp3) is 0.222. The Morgan fingerprint density at radius 3 is 2.67 bits per heavy atom. The summed E-state index contributed by atoms with van der Waals surface area (Å²) in [6.07, 6.45) is 1.83. The van der Waals surface area contributed by atoms with Gasteiger partial charge in [0.25, 0.3) is 5.69 Å². The van der Waals surface area contributed by atoms with Crippen LogP contribution in [0.15, 0.2) is 23.1 Å². The predicted octanol–water partition coefficient (Wildman–Crippen LogP) is 2.28. The van der Waals surface area contributed by atoms with Crippen LogP contribution in [0, 0.1) is 10.1 Å². The van der Waals surface area contributed by atoms with Crippen molar-refractivity contribution in [1.29, 1.82) is 0 Å². The van der Waals surface area contributed by atoms with Crippen molar-refractivity contribution in [3.05, 3.63) is 28.3 Å². The van der Waals surface area contributed by atoms with Gasteiger partial charge in [-0.3, -0.25) is 14.9 Å². The number of carbonyl (C=O) groups is 1. The smallest absolute Gasteiger partial charge is 0.293 e. The maximum absolute atomic E-state index is 10.8. The zero-order valence-corrected chi connectivity index (χ0v) is 9.13. The molecule has 0 aromatic heterocycles. The second-order valence-electron chi connectivity index (χ2n) is 2.82. The minimum atomic E-state index is -0.509. The monoisotopic (exact) mass is 226 g/mol. The molecule has 0 bridgehead atoms. The molecule has 5 nitrogen and oxygen atoms in total. The van der Waals surface area contributed by atoms with Crippen molar-refractivity contribution in [3.8, 4) is 0 Å².